The molecule has 0 bridgehead atoms. The molecule has 1 heterocycles. The lowest BCUT2D eigenvalue weighted by Crippen LogP contribution is -2.20. The number of carbonyl (C=O) groups is 2. The summed E-state index contributed by atoms with van der Waals surface area (Å²) in [6.45, 7) is -0.334. The van der Waals surface area contributed by atoms with Crippen LogP contribution in [-0.2, 0) is 9.53 Å². The highest BCUT2D eigenvalue weighted by Crippen LogP contribution is 2.25. The fraction of sp³-hybridized carbons (Fsp3) is 0.111. The Morgan fingerprint density at radius 1 is 1.08 bits per heavy atom. The van der Waals surface area contributed by atoms with Gasteiger partial charge in [0.05, 0.1) is 7.11 Å². The molecule has 0 atom stereocenters. The monoisotopic (exact) mass is 341 g/mol. The average Bonchev–Trinajstić information content (AvgIpc) is 3.04. The molecule has 5 nitrogen and oxygen atoms in total. The molecular formula is C18H15NO4S. The van der Waals surface area contributed by atoms with Crippen molar-refractivity contribution in [3.63, 3.8) is 0 Å². The van der Waals surface area contributed by atoms with E-state index < -0.39 is 11.9 Å². The topological polar surface area (TPSA) is 64.6 Å². The molecule has 0 unspecified atom stereocenters. The summed E-state index contributed by atoms with van der Waals surface area (Å²) in [5, 5.41) is 3.64. The van der Waals surface area contributed by atoms with E-state index in [4.69, 9.17) is 9.47 Å². The summed E-state index contributed by atoms with van der Waals surface area (Å²) in [7, 11) is 1.57. The van der Waals surface area contributed by atoms with Crippen LogP contribution < -0.4 is 10.1 Å². The third kappa shape index (κ3) is 3.72. The minimum absolute atomic E-state index is 0.334. The van der Waals surface area contributed by atoms with Crippen molar-refractivity contribution in [1.82, 2.24) is 0 Å². The number of hydrogen-bond acceptors (Lipinski definition) is 5. The molecule has 3 rings (SSSR count). The number of amides is 1. The Labute approximate surface area is 142 Å². The molecule has 0 radical (unpaired) electrons. The van der Waals surface area contributed by atoms with Crippen LogP contribution in [-0.4, -0.2) is 25.6 Å². The quantitative estimate of drug-likeness (QED) is 0.719. The van der Waals surface area contributed by atoms with Crippen LogP contribution in [0.15, 0.2) is 54.6 Å². The van der Waals surface area contributed by atoms with E-state index in [9.17, 15) is 9.59 Å². The van der Waals surface area contributed by atoms with Gasteiger partial charge in [0.2, 0.25) is 0 Å². The fourth-order valence-electron chi connectivity index (χ4n) is 2.16. The van der Waals surface area contributed by atoms with Crippen molar-refractivity contribution in [2.45, 2.75) is 0 Å². The van der Waals surface area contributed by atoms with Gasteiger partial charge >= 0.3 is 5.97 Å². The van der Waals surface area contributed by atoms with E-state index >= 15 is 0 Å². The third-order valence-corrected chi connectivity index (χ3v) is 4.43. The maximum absolute atomic E-state index is 12.0. The Hall–Kier alpha value is -2.86. The number of fused-ring (bicyclic) bond motifs is 1. The molecule has 6 heteroatoms. The van der Waals surface area contributed by atoms with Gasteiger partial charge in [0.15, 0.2) is 6.61 Å². The predicted molar refractivity (Wildman–Crippen MR) is 93.7 cm³/mol. The standard InChI is InChI=1S/C18H15NO4S/c1-22-14-8-6-13(7-9-14)19-17(20)11-23-18(21)16-10-12-4-2-3-5-15(12)24-16/h2-10H,11H2,1H3,(H,19,20). The number of nitrogens with one attached hydrogen (secondary N) is 1. The maximum Gasteiger partial charge on any atom is 0.348 e. The molecule has 1 N–H and O–H groups in total. The SMILES string of the molecule is COc1ccc(NC(=O)COC(=O)c2cc3ccccc3s2)cc1. The second kappa shape index (κ2) is 7.14. The first-order chi connectivity index (χ1) is 11.7. The van der Waals surface area contributed by atoms with E-state index in [2.05, 4.69) is 5.32 Å². The van der Waals surface area contributed by atoms with Crippen LogP contribution in [0, 0.1) is 0 Å². The highest BCUT2D eigenvalue weighted by molar-refractivity contribution is 7.20. The van der Waals surface area contributed by atoms with Crippen molar-refractivity contribution >= 4 is 39.0 Å². The first kappa shape index (κ1) is 16.0. The molecule has 2 aromatic carbocycles. The molecule has 122 valence electrons. The maximum atomic E-state index is 12.0. The van der Waals surface area contributed by atoms with E-state index in [1.165, 1.54) is 11.3 Å². The van der Waals surface area contributed by atoms with Crippen molar-refractivity contribution in [2.75, 3.05) is 19.0 Å². The lowest BCUT2D eigenvalue weighted by molar-refractivity contribution is -0.119. The van der Waals surface area contributed by atoms with Gasteiger partial charge in [-0.3, -0.25) is 4.79 Å². The molecule has 1 amide bonds. The Morgan fingerprint density at radius 3 is 2.54 bits per heavy atom. The van der Waals surface area contributed by atoms with Crippen LogP contribution in [0.25, 0.3) is 10.1 Å². The molecule has 3 aromatic rings. The van der Waals surface area contributed by atoms with Crippen molar-refractivity contribution in [2.24, 2.45) is 0 Å². The number of thiophene rings is 1. The van der Waals surface area contributed by atoms with Crippen LogP contribution >= 0.6 is 11.3 Å². The molecule has 0 fully saturated rings. The van der Waals surface area contributed by atoms with Gasteiger partial charge in [-0.15, -0.1) is 11.3 Å². The van der Waals surface area contributed by atoms with Gasteiger partial charge in [-0.2, -0.15) is 0 Å². The first-order valence-electron chi connectivity index (χ1n) is 7.25. The Kier molecular flexibility index (Phi) is 4.77. The van der Waals surface area contributed by atoms with Gasteiger partial charge in [0.25, 0.3) is 5.91 Å². The summed E-state index contributed by atoms with van der Waals surface area (Å²) in [5.74, 6) is -0.195. The fourth-order valence-corrected chi connectivity index (χ4v) is 3.11. The van der Waals surface area contributed by atoms with E-state index in [0.717, 1.165) is 10.1 Å². The minimum atomic E-state index is -0.499. The summed E-state index contributed by atoms with van der Waals surface area (Å²) >= 11 is 1.34. The van der Waals surface area contributed by atoms with Gasteiger partial charge in [0.1, 0.15) is 10.6 Å². The summed E-state index contributed by atoms with van der Waals surface area (Å²) < 4.78 is 11.1. The molecule has 1 aromatic heterocycles. The zero-order valence-corrected chi connectivity index (χ0v) is 13.8. The van der Waals surface area contributed by atoms with Gasteiger partial charge < -0.3 is 14.8 Å². The molecule has 0 aliphatic heterocycles. The normalized spacial score (nSPS) is 10.4. The largest absolute Gasteiger partial charge is 0.497 e. The summed E-state index contributed by atoms with van der Waals surface area (Å²) in [6, 6.07) is 16.4. The molecular weight excluding hydrogens is 326 g/mol. The van der Waals surface area contributed by atoms with Crippen LogP contribution in [0.4, 0.5) is 5.69 Å². The number of ether oxygens (including phenoxy) is 2. The van der Waals surface area contributed by atoms with Gasteiger partial charge in [-0.05, 0) is 41.8 Å². The predicted octanol–water partition coefficient (Wildman–Crippen LogP) is 3.71. The van der Waals surface area contributed by atoms with Gasteiger partial charge in [0, 0.05) is 10.4 Å². The Bertz CT molecular complexity index is 837. The lowest BCUT2D eigenvalue weighted by atomic mass is 10.2. The number of esters is 1. The van der Waals surface area contributed by atoms with E-state index in [1.54, 1.807) is 37.4 Å². The Morgan fingerprint density at radius 2 is 1.83 bits per heavy atom. The first-order valence-corrected chi connectivity index (χ1v) is 8.07. The van der Waals surface area contributed by atoms with Crippen LogP contribution in [0.2, 0.25) is 0 Å². The van der Waals surface area contributed by atoms with Gasteiger partial charge in [-0.1, -0.05) is 18.2 Å². The van der Waals surface area contributed by atoms with Crippen molar-refractivity contribution in [1.29, 1.82) is 0 Å². The zero-order chi connectivity index (χ0) is 16.9. The van der Waals surface area contributed by atoms with Crippen LogP contribution in [0.5, 0.6) is 5.75 Å². The molecule has 0 spiro atoms. The minimum Gasteiger partial charge on any atom is -0.497 e. The number of methoxy groups -OCH3 is 1. The smallest absolute Gasteiger partial charge is 0.348 e. The van der Waals surface area contributed by atoms with Crippen molar-refractivity contribution in [3.8, 4) is 5.75 Å². The summed E-state index contributed by atoms with van der Waals surface area (Å²) in [4.78, 5) is 24.4. The lowest BCUT2D eigenvalue weighted by Gasteiger charge is -2.06. The number of benzene rings is 2. The summed E-state index contributed by atoms with van der Waals surface area (Å²) in [6.07, 6.45) is 0. The van der Waals surface area contributed by atoms with Crippen molar-refractivity contribution in [3.05, 3.63) is 59.5 Å². The molecule has 0 aliphatic rings. The molecule has 24 heavy (non-hydrogen) atoms. The average molecular weight is 341 g/mol. The van der Waals surface area contributed by atoms with Gasteiger partial charge in [-0.25, -0.2) is 4.79 Å². The van der Waals surface area contributed by atoms with Crippen LogP contribution in [0.1, 0.15) is 9.67 Å². The van der Waals surface area contributed by atoms with Crippen LogP contribution in [0.3, 0.4) is 0 Å². The third-order valence-electron chi connectivity index (χ3n) is 3.33. The summed E-state index contributed by atoms with van der Waals surface area (Å²) in [5.41, 5.74) is 0.610. The highest BCUT2D eigenvalue weighted by atomic mass is 32.1. The highest BCUT2D eigenvalue weighted by Gasteiger charge is 2.13. The number of anilines is 1. The van der Waals surface area contributed by atoms with E-state index in [0.29, 0.717) is 16.3 Å². The molecule has 0 saturated carbocycles. The second-order valence-corrected chi connectivity index (χ2v) is 6.09. The number of carbonyl (C=O) groups excluding carboxylic acids is 2. The van der Waals surface area contributed by atoms with E-state index in [1.807, 2.05) is 24.3 Å². The number of hydrogen-bond donors (Lipinski definition) is 1. The molecule has 0 aliphatic carbocycles. The molecule has 0 saturated heterocycles. The number of rotatable bonds is 5. The van der Waals surface area contributed by atoms with E-state index in [-0.39, 0.29) is 6.61 Å². The zero-order valence-electron chi connectivity index (χ0n) is 12.9. The second-order valence-electron chi connectivity index (χ2n) is 5.00. The van der Waals surface area contributed by atoms with Crippen molar-refractivity contribution < 1.29 is 19.1 Å². The Balaban J connectivity index is 1.55.